The molecule has 4 aromatic rings. The van der Waals surface area contributed by atoms with E-state index in [9.17, 15) is 4.79 Å². The summed E-state index contributed by atoms with van der Waals surface area (Å²) in [6, 6.07) is 18.1. The highest BCUT2D eigenvalue weighted by molar-refractivity contribution is 5.92. The lowest BCUT2D eigenvalue weighted by atomic mass is 9.95. The van der Waals surface area contributed by atoms with Crippen LogP contribution in [0.5, 0.6) is 0 Å². The summed E-state index contributed by atoms with van der Waals surface area (Å²) < 4.78 is 2.03. The van der Waals surface area contributed by atoms with Crippen molar-refractivity contribution in [3.05, 3.63) is 66.0 Å². The first-order valence-corrected chi connectivity index (χ1v) is 10.9. The van der Waals surface area contributed by atoms with Crippen LogP contribution in [0.15, 0.2) is 54.6 Å². The largest absolute Gasteiger partial charge is 0.339 e. The predicted molar refractivity (Wildman–Crippen MR) is 121 cm³/mol. The highest BCUT2D eigenvalue weighted by Gasteiger charge is 2.29. The second kappa shape index (κ2) is 7.98. The lowest BCUT2D eigenvalue weighted by Gasteiger charge is -2.37. The number of para-hydroxylation sites is 1. The standard InChI is InChI=1S/C24H26N6O/c1-3-19(18-9-5-4-6-10-18)23(31)28-13-15-29(16-14-28)24-25-21-12-8-7-11-20(21)22-27-26-17(2)30(22)24/h4-12,19H,3,13-16H2,1-2H3/t19-/m0/s1. The van der Waals surface area contributed by atoms with Gasteiger partial charge in [-0.3, -0.25) is 4.79 Å². The molecule has 1 aliphatic rings. The van der Waals surface area contributed by atoms with Crippen LogP contribution in [-0.2, 0) is 4.79 Å². The van der Waals surface area contributed by atoms with Crippen LogP contribution >= 0.6 is 0 Å². The molecule has 1 saturated heterocycles. The average molecular weight is 415 g/mol. The van der Waals surface area contributed by atoms with Crippen LogP contribution in [0.1, 0.15) is 30.7 Å². The molecule has 5 rings (SSSR count). The molecule has 1 atom stereocenters. The molecule has 0 radical (unpaired) electrons. The molecule has 3 heterocycles. The summed E-state index contributed by atoms with van der Waals surface area (Å²) in [5.41, 5.74) is 2.83. The van der Waals surface area contributed by atoms with Gasteiger partial charge in [0, 0.05) is 31.6 Å². The highest BCUT2D eigenvalue weighted by Crippen LogP contribution is 2.26. The Balaban J connectivity index is 1.40. The van der Waals surface area contributed by atoms with Gasteiger partial charge in [-0.1, -0.05) is 49.4 Å². The minimum atomic E-state index is -0.0849. The minimum absolute atomic E-state index is 0.0849. The lowest BCUT2D eigenvalue weighted by Crippen LogP contribution is -2.50. The summed E-state index contributed by atoms with van der Waals surface area (Å²) in [6.07, 6.45) is 0.801. The Bertz CT molecular complexity index is 1230. The Morgan fingerprint density at radius 2 is 1.68 bits per heavy atom. The number of rotatable bonds is 4. The topological polar surface area (TPSA) is 66.6 Å². The van der Waals surface area contributed by atoms with Gasteiger partial charge in [-0.05, 0) is 31.0 Å². The molecule has 158 valence electrons. The van der Waals surface area contributed by atoms with Gasteiger partial charge in [-0.25, -0.2) is 9.38 Å². The van der Waals surface area contributed by atoms with Crippen molar-refractivity contribution in [1.29, 1.82) is 0 Å². The van der Waals surface area contributed by atoms with Crippen LogP contribution in [0.4, 0.5) is 5.95 Å². The van der Waals surface area contributed by atoms with Gasteiger partial charge < -0.3 is 9.80 Å². The van der Waals surface area contributed by atoms with Crippen LogP contribution in [0.3, 0.4) is 0 Å². The number of nitrogens with zero attached hydrogens (tertiary/aromatic N) is 6. The molecule has 1 amide bonds. The van der Waals surface area contributed by atoms with Gasteiger partial charge in [-0.15, -0.1) is 10.2 Å². The lowest BCUT2D eigenvalue weighted by molar-refractivity contribution is -0.133. The van der Waals surface area contributed by atoms with Gasteiger partial charge >= 0.3 is 0 Å². The summed E-state index contributed by atoms with van der Waals surface area (Å²) >= 11 is 0. The van der Waals surface area contributed by atoms with Crippen molar-refractivity contribution in [2.45, 2.75) is 26.2 Å². The molecular weight excluding hydrogens is 388 g/mol. The predicted octanol–water partition coefficient (Wildman–Crippen LogP) is 3.43. The van der Waals surface area contributed by atoms with Crippen molar-refractivity contribution in [2.24, 2.45) is 0 Å². The second-order valence-electron chi connectivity index (χ2n) is 8.02. The van der Waals surface area contributed by atoms with E-state index >= 15 is 0 Å². The second-order valence-corrected chi connectivity index (χ2v) is 8.02. The highest BCUT2D eigenvalue weighted by atomic mass is 16.2. The van der Waals surface area contributed by atoms with Gasteiger partial charge in [0.05, 0.1) is 11.4 Å². The third kappa shape index (κ3) is 3.40. The zero-order valence-electron chi connectivity index (χ0n) is 17.9. The molecule has 0 N–H and O–H groups in total. The number of carbonyl (C=O) groups is 1. The first-order valence-electron chi connectivity index (χ1n) is 10.9. The van der Waals surface area contributed by atoms with Gasteiger partial charge in [0.15, 0.2) is 5.65 Å². The fourth-order valence-corrected chi connectivity index (χ4v) is 4.49. The van der Waals surface area contributed by atoms with Gasteiger partial charge in [0.1, 0.15) is 5.82 Å². The summed E-state index contributed by atoms with van der Waals surface area (Å²) in [6.45, 7) is 6.85. The quantitative estimate of drug-likeness (QED) is 0.512. The third-order valence-electron chi connectivity index (χ3n) is 6.17. The number of hydrogen-bond acceptors (Lipinski definition) is 5. The Labute approximate surface area is 181 Å². The van der Waals surface area contributed by atoms with E-state index in [4.69, 9.17) is 4.98 Å². The molecule has 2 aromatic carbocycles. The number of amides is 1. The van der Waals surface area contributed by atoms with Crippen LogP contribution in [0, 0.1) is 6.92 Å². The van der Waals surface area contributed by atoms with Gasteiger partial charge in [0.25, 0.3) is 0 Å². The van der Waals surface area contributed by atoms with Crippen LogP contribution in [-0.4, -0.2) is 56.6 Å². The van der Waals surface area contributed by atoms with Crippen molar-refractivity contribution in [3.63, 3.8) is 0 Å². The van der Waals surface area contributed by atoms with Crippen molar-refractivity contribution < 1.29 is 4.79 Å². The first-order chi connectivity index (χ1) is 15.2. The zero-order valence-corrected chi connectivity index (χ0v) is 17.9. The zero-order chi connectivity index (χ0) is 21.4. The third-order valence-corrected chi connectivity index (χ3v) is 6.17. The van der Waals surface area contributed by atoms with E-state index in [1.807, 2.05) is 70.8 Å². The number of aryl methyl sites for hydroxylation is 1. The van der Waals surface area contributed by atoms with Crippen molar-refractivity contribution in [2.75, 3.05) is 31.1 Å². The van der Waals surface area contributed by atoms with Crippen molar-refractivity contribution in [3.8, 4) is 0 Å². The molecule has 31 heavy (non-hydrogen) atoms. The Kier molecular flexibility index (Phi) is 5.02. The van der Waals surface area contributed by atoms with E-state index < -0.39 is 0 Å². The number of carbonyl (C=O) groups excluding carboxylic acids is 1. The molecule has 2 aromatic heterocycles. The number of benzene rings is 2. The summed E-state index contributed by atoms with van der Waals surface area (Å²) in [4.78, 5) is 22.4. The molecule has 0 saturated carbocycles. The maximum absolute atomic E-state index is 13.2. The van der Waals surface area contributed by atoms with Gasteiger partial charge in [0.2, 0.25) is 11.9 Å². The van der Waals surface area contributed by atoms with Crippen LogP contribution in [0.25, 0.3) is 16.6 Å². The molecule has 7 nitrogen and oxygen atoms in total. The van der Waals surface area contributed by atoms with E-state index in [-0.39, 0.29) is 11.8 Å². The molecule has 7 heteroatoms. The molecular formula is C24H26N6O. The van der Waals surface area contributed by atoms with E-state index in [0.29, 0.717) is 13.1 Å². The maximum atomic E-state index is 13.2. The number of anilines is 1. The Morgan fingerprint density at radius 1 is 0.968 bits per heavy atom. The van der Waals surface area contributed by atoms with E-state index in [1.54, 1.807) is 0 Å². The number of hydrogen-bond donors (Lipinski definition) is 0. The monoisotopic (exact) mass is 414 g/mol. The van der Waals surface area contributed by atoms with E-state index in [0.717, 1.165) is 53.4 Å². The van der Waals surface area contributed by atoms with Crippen molar-refractivity contribution >= 4 is 28.4 Å². The Morgan fingerprint density at radius 3 is 2.42 bits per heavy atom. The fourth-order valence-electron chi connectivity index (χ4n) is 4.49. The average Bonchev–Trinajstić information content (AvgIpc) is 3.22. The van der Waals surface area contributed by atoms with Gasteiger partial charge in [-0.2, -0.15) is 0 Å². The normalized spacial score (nSPS) is 15.5. The fraction of sp³-hybridized carbons (Fsp3) is 0.333. The molecule has 0 bridgehead atoms. The number of fused-ring (bicyclic) bond motifs is 3. The summed E-state index contributed by atoms with van der Waals surface area (Å²) in [5, 5.41) is 9.68. The minimum Gasteiger partial charge on any atom is -0.339 e. The van der Waals surface area contributed by atoms with E-state index in [2.05, 4.69) is 22.0 Å². The van der Waals surface area contributed by atoms with Crippen LogP contribution in [0.2, 0.25) is 0 Å². The SMILES string of the molecule is CC[C@H](C(=O)N1CCN(c2nc3ccccc3c3nnc(C)n23)CC1)c1ccccc1. The number of piperazine rings is 1. The first kappa shape index (κ1) is 19.5. The summed E-state index contributed by atoms with van der Waals surface area (Å²) in [5.74, 6) is 1.79. The molecule has 0 unspecified atom stereocenters. The van der Waals surface area contributed by atoms with E-state index in [1.165, 1.54) is 0 Å². The Hall–Kier alpha value is -3.48. The smallest absolute Gasteiger partial charge is 0.230 e. The summed E-state index contributed by atoms with van der Waals surface area (Å²) in [7, 11) is 0. The molecule has 0 aliphatic carbocycles. The number of aromatic nitrogens is 4. The molecule has 0 spiro atoms. The molecule has 1 fully saturated rings. The maximum Gasteiger partial charge on any atom is 0.230 e. The van der Waals surface area contributed by atoms with Crippen molar-refractivity contribution in [1.82, 2.24) is 24.5 Å². The molecule has 1 aliphatic heterocycles. The van der Waals surface area contributed by atoms with Crippen LogP contribution < -0.4 is 4.90 Å².